The molecule has 92 valence electrons. The highest BCUT2D eigenvalue weighted by molar-refractivity contribution is 5.79. The molecule has 1 unspecified atom stereocenters. The zero-order chi connectivity index (χ0) is 12.3. The number of carbonyl (C=O) groups excluding carboxylic acids is 1. The van der Waals surface area contributed by atoms with E-state index in [0.29, 0.717) is 18.4 Å². The van der Waals surface area contributed by atoms with E-state index >= 15 is 0 Å². The number of methoxy groups -OCH3 is 1. The first-order valence-corrected chi connectivity index (χ1v) is 6.06. The van der Waals surface area contributed by atoms with Crippen LogP contribution in [0.4, 0.5) is 4.39 Å². The number of ketones is 1. The molecule has 0 amide bonds. The van der Waals surface area contributed by atoms with Crippen LogP contribution in [0.3, 0.4) is 0 Å². The van der Waals surface area contributed by atoms with Gasteiger partial charge < -0.3 is 4.74 Å². The summed E-state index contributed by atoms with van der Waals surface area (Å²) in [7, 11) is 1.46. The van der Waals surface area contributed by atoms with Crippen LogP contribution in [-0.2, 0) is 4.79 Å². The first-order chi connectivity index (χ1) is 8.22. The van der Waals surface area contributed by atoms with Gasteiger partial charge in [0.1, 0.15) is 5.78 Å². The molecule has 1 saturated carbocycles. The van der Waals surface area contributed by atoms with E-state index in [1.165, 1.54) is 7.11 Å². The van der Waals surface area contributed by atoms with E-state index in [1.807, 2.05) is 0 Å². The summed E-state index contributed by atoms with van der Waals surface area (Å²) < 4.78 is 19.1. The van der Waals surface area contributed by atoms with Gasteiger partial charge in [-0.25, -0.2) is 4.39 Å². The van der Waals surface area contributed by atoms with E-state index in [9.17, 15) is 9.18 Å². The summed E-state index contributed by atoms with van der Waals surface area (Å²) in [6, 6.07) is 5.16. The van der Waals surface area contributed by atoms with Crippen molar-refractivity contribution < 1.29 is 13.9 Å². The number of carbonyl (C=O) groups is 1. The molecule has 2 nitrogen and oxygen atoms in total. The molecular weight excluding hydrogens is 219 g/mol. The summed E-state index contributed by atoms with van der Waals surface area (Å²) in [5, 5.41) is 0. The lowest BCUT2D eigenvalue weighted by molar-refractivity contribution is -0.119. The number of hydrogen-bond donors (Lipinski definition) is 0. The Balaban J connectivity index is 2.29. The Morgan fingerprint density at radius 2 is 2.18 bits per heavy atom. The zero-order valence-electron chi connectivity index (χ0n) is 10.0. The molecule has 1 aliphatic carbocycles. The van der Waals surface area contributed by atoms with Crippen molar-refractivity contribution >= 4 is 5.78 Å². The van der Waals surface area contributed by atoms with Gasteiger partial charge in [-0.05, 0) is 30.4 Å². The summed E-state index contributed by atoms with van der Waals surface area (Å²) in [6.07, 6.45) is 3.91. The molecule has 1 aromatic carbocycles. The predicted molar refractivity (Wildman–Crippen MR) is 63.8 cm³/mol. The monoisotopic (exact) mass is 236 g/mol. The summed E-state index contributed by atoms with van der Waals surface area (Å²) in [5.41, 5.74) is 0.625. The average molecular weight is 236 g/mol. The van der Waals surface area contributed by atoms with Gasteiger partial charge in [0.2, 0.25) is 0 Å². The maximum absolute atomic E-state index is 14.1. The number of Topliss-reactive ketones (excluding diaryl/α,β-unsaturated/α-hetero) is 1. The van der Waals surface area contributed by atoms with Crippen molar-refractivity contribution in [1.29, 1.82) is 0 Å². The molecule has 0 saturated heterocycles. The quantitative estimate of drug-likeness (QED) is 0.735. The first-order valence-electron chi connectivity index (χ1n) is 6.06. The van der Waals surface area contributed by atoms with Crippen molar-refractivity contribution in [1.82, 2.24) is 0 Å². The number of hydrogen-bond acceptors (Lipinski definition) is 2. The van der Waals surface area contributed by atoms with Crippen molar-refractivity contribution in [3.8, 4) is 5.75 Å². The lowest BCUT2D eigenvalue weighted by Crippen LogP contribution is -2.06. The summed E-state index contributed by atoms with van der Waals surface area (Å²) in [6.45, 7) is 0. The third-order valence-corrected chi connectivity index (χ3v) is 3.39. The van der Waals surface area contributed by atoms with Gasteiger partial charge in [-0.2, -0.15) is 0 Å². The lowest BCUT2D eigenvalue weighted by Gasteiger charge is -2.16. The molecule has 0 heterocycles. The molecule has 0 radical (unpaired) electrons. The van der Waals surface area contributed by atoms with Gasteiger partial charge in [0, 0.05) is 12.8 Å². The standard InChI is InChI=1S/C14H17FO2/c1-17-13-8-4-7-12(14(13)15)10-5-2-3-6-11(16)9-10/h4,7-8,10H,2-3,5-6,9H2,1H3. The number of benzene rings is 1. The van der Waals surface area contributed by atoms with Crippen LogP contribution in [0.1, 0.15) is 43.6 Å². The SMILES string of the molecule is COc1cccc(C2CCCCC(=O)C2)c1F. The van der Waals surface area contributed by atoms with Crippen LogP contribution in [0.15, 0.2) is 18.2 Å². The van der Waals surface area contributed by atoms with E-state index in [2.05, 4.69) is 0 Å². The molecule has 3 heteroatoms. The van der Waals surface area contributed by atoms with Crippen molar-refractivity contribution in [2.24, 2.45) is 0 Å². The van der Waals surface area contributed by atoms with Crippen LogP contribution in [0, 0.1) is 5.82 Å². The maximum atomic E-state index is 14.1. The van der Waals surface area contributed by atoms with Crippen molar-refractivity contribution in [3.63, 3.8) is 0 Å². The number of rotatable bonds is 2. The second kappa shape index (κ2) is 5.30. The normalized spacial score (nSPS) is 21.1. The predicted octanol–water partition coefficient (Wildman–Crippen LogP) is 3.45. The fourth-order valence-corrected chi connectivity index (χ4v) is 2.46. The Labute approximate surface area is 101 Å². The van der Waals surface area contributed by atoms with Crippen LogP contribution < -0.4 is 4.74 Å². The molecule has 17 heavy (non-hydrogen) atoms. The third-order valence-electron chi connectivity index (χ3n) is 3.39. The van der Waals surface area contributed by atoms with Crippen molar-refractivity contribution in [2.75, 3.05) is 7.11 Å². The van der Waals surface area contributed by atoms with Crippen LogP contribution >= 0.6 is 0 Å². The molecule has 2 rings (SSSR count). The fourth-order valence-electron chi connectivity index (χ4n) is 2.46. The topological polar surface area (TPSA) is 26.3 Å². The molecule has 1 aliphatic rings. The number of halogens is 1. The Morgan fingerprint density at radius 3 is 2.94 bits per heavy atom. The van der Waals surface area contributed by atoms with Crippen LogP contribution in [0.25, 0.3) is 0 Å². The molecule has 1 fully saturated rings. The third kappa shape index (κ3) is 2.65. The van der Waals surface area contributed by atoms with Gasteiger partial charge >= 0.3 is 0 Å². The molecule has 0 aliphatic heterocycles. The van der Waals surface area contributed by atoms with Crippen molar-refractivity contribution in [3.05, 3.63) is 29.6 Å². The Kier molecular flexibility index (Phi) is 3.77. The summed E-state index contributed by atoms with van der Waals surface area (Å²) >= 11 is 0. The zero-order valence-corrected chi connectivity index (χ0v) is 10.0. The Bertz CT molecular complexity index is 415. The van der Waals surface area contributed by atoms with Gasteiger partial charge in [-0.1, -0.05) is 18.6 Å². The van der Waals surface area contributed by atoms with Gasteiger partial charge in [0.25, 0.3) is 0 Å². The minimum Gasteiger partial charge on any atom is -0.494 e. The van der Waals surface area contributed by atoms with Crippen molar-refractivity contribution in [2.45, 2.75) is 38.0 Å². The molecular formula is C14H17FO2. The Morgan fingerprint density at radius 1 is 1.35 bits per heavy atom. The van der Waals surface area contributed by atoms with Gasteiger partial charge in [-0.3, -0.25) is 4.79 Å². The minimum atomic E-state index is -0.310. The van der Waals surface area contributed by atoms with Gasteiger partial charge in [-0.15, -0.1) is 0 Å². The Hall–Kier alpha value is -1.38. The average Bonchev–Trinajstić information content (AvgIpc) is 2.54. The van der Waals surface area contributed by atoms with E-state index in [0.717, 1.165) is 19.3 Å². The highest BCUT2D eigenvalue weighted by Crippen LogP contribution is 2.34. The summed E-state index contributed by atoms with van der Waals surface area (Å²) in [5.74, 6) is 0.212. The highest BCUT2D eigenvalue weighted by atomic mass is 19.1. The first kappa shape index (κ1) is 12.1. The van der Waals surface area contributed by atoms with Gasteiger partial charge in [0.05, 0.1) is 7.11 Å². The molecule has 0 bridgehead atoms. The molecule has 1 atom stereocenters. The molecule has 1 aromatic rings. The summed E-state index contributed by atoms with van der Waals surface area (Å²) in [4.78, 5) is 11.6. The molecule has 0 aromatic heterocycles. The maximum Gasteiger partial charge on any atom is 0.168 e. The smallest absolute Gasteiger partial charge is 0.168 e. The van der Waals surface area contributed by atoms with Gasteiger partial charge in [0.15, 0.2) is 11.6 Å². The lowest BCUT2D eigenvalue weighted by atomic mass is 9.91. The van der Waals surface area contributed by atoms with Crippen LogP contribution in [0.2, 0.25) is 0 Å². The second-order valence-electron chi connectivity index (χ2n) is 4.55. The molecule has 0 spiro atoms. The highest BCUT2D eigenvalue weighted by Gasteiger charge is 2.23. The largest absolute Gasteiger partial charge is 0.494 e. The van der Waals surface area contributed by atoms with E-state index in [-0.39, 0.29) is 23.3 Å². The fraction of sp³-hybridized carbons (Fsp3) is 0.500. The second-order valence-corrected chi connectivity index (χ2v) is 4.55. The van der Waals surface area contributed by atoms with Crippen LogP contribution in [-0.4, -0.2) is 12.9 Å². The van der Waals surface area contributed by atoms with E-state index in [4.69, 9.17) is 4.74 Å². The van der Waals surface area contributed by atoms with E-state index in [1.54, 1.807) is 18.2 Å². The molecule has 0 N–H and O–H groups in total. The van der Waals surface area contributed by atoms with E-state index < -0.39 is 0 Å². The number of ether oxygens (including phenoxy) is 1. The van der Waals surface area contributed by atoms with Crippen LogP contribution in [0.5, 0.6) is 5.75 Å². The minimum absolute atomic E-state index is 0.0140.